The molecule has 0 spiro atoms. The molecular weight excluding hydrogens is 392 g/mol. The molecule has 0 fully saturated rings. The Labute approximate surface area is 200 Å². The highest BCUT2D eigenvalue weighted by atomic mass is 16.3. The van der Waals surface area contributed by atoms with Gasteiger partial charge in [0.1, 0.15) is 0 Å². The molecule has 1 aromatic carbocycles. The zero-order valence-corrected chi connectivity index (χ0v) is 22.0. The lowest BCUT2D eigenvalue weighted by molar-refractivity contribution is 0.391. The molecule has 0 aliphatic heterocycles. The Kier molecular flexibility index (Phi) is 16.5. The van der Waals surface area contributed by atoms with Crippen molar-refractivity contribution in [2.45, 2.75) is 156 Å². The van der Waals surface area contributed by atoms with Gasteiger partial charge in [0, 0.05) is 11.1 Å². The van der Waals surface area contributed by atoms with E-state index in [0.29, 0.717) is 0 Å². The van der Waals surface area contributed by atoms with Crippen LogP contribution in [0.3, 0.4) is 0 Å². The summed E-state index contributed by atoms with van der Waals surface area (Å²) in [5.41, 5.74) is 4.93. The van der Waals surface area contributed by atoms with Crippen LogP contribution in [0.25, 0.3) is 0 Å². The highest BCUT2D eigenvalue weighted by Crippen LogP contribution is 2.42. The Bertz CT molecular complexity index is 553. The van der Waals surface area contributed by atoms with Gasteiger partial charge < -0.3 is 10.2 Å². The minimum absolute atomic E-state index is 0.204. The van der Waals surface area contributed by atoms with Gasteiger partial charge in [-0.15, -0.1) is 0 Å². The van der Waals surface area contributed by atoms with E-state index in [-0.39, 0.29) is 11.5 Å². The Morgan fingerprint density at radius 3 is 0.844 bits per heavy atom. The predicted molar refractivity (Wildman–Crippen MR) is 141 cm³/mol. The topological polar surface area (TPSA) is 40.5 Å². The molecule has 2 N–H and O–H groups in total. The molecule has 0 saturated carbocycles. The van der Waals surface area contributed by atoms with Crippen LogP contribution in [-0.4, -0.2) is 10.2 Å². The van der Waals surface area contributed by atoms with E-state index in [1.54, 1.807) is 0 Å². The molecule has 2 heteroatoms. The van der Waals surface area contributed by atoms with Crippen LogP contribution < -0.4 is 0 Å². The average Bonchev–Trinajstić information content (AvgIpc) is 2.80. The maximum absolute atomic E-state index is 11.1. The van der Waals surface area contributed by atoms with Crippen LogP contribution in [0.2, 0.25) is 0 Å². The number of aromatic hydroxyl groups is 2. The number of phenolic OH excluding ortho intramolecular Hbond substituents is 2. The first kappa shape index (κ1) is 28.9. The molecule has 0 unspecified atom stereocenters. The molecule has 0 atom stereocenters. The smallest absolute Gasteiger partial charge is 0.161 e. The fourth-order valence-electron chi connectivity index (χ4n) is 4.99. The molecule has 0 radical (unpaired) electrons. The van der Waals surface area contributed by atoms with Gasteiger partial charge in [0.2, 0.25) is 0 Å². The summed E-state index contributed by atoms with van der Waals surface area (Å²) in [4.78, 5) is 0. The van der Waals surface area contributed by atoms with E-state index in [1.165, 1.54) is 101 Å². The molecule has 0 heterocycles. The van der Waals surface area contributed by atoms with Gasteiger partial charge in [-0.2, -0.15) is 0 Å². The van der Waals surface area contributed by atoms with Gasteiger partial charge in [0.25, 0.3) is 0 Å². The summed E-state index contributed by atoms with van der Waals surface area (Å²) in [6.45, 7) is 9.01. The number of hydrogen-bond acceptors (Lipinski definition) is 2. The van der Waals surface area contributed by atoms with E-state index < -0.39 is 0 Å². The van der Waals surface area contributed by atoms with Crippen molar-refractivity contribution in [2.24, 2.45) is 0 Å². The molecule has 1 rings (SSSR count). The SMILES string of the molecule is CCCCCCc1c(O)c(O)c(CCCCCC)c(CCCCCC)c1CCCCCC. The summed E-state index contributed by atoms with van der Waals surface area (Å²) >= 11 is 0. The van der Waals surface area contributed by atoms with Crippen molar-refractivity contribution in [2.75, 3.05) is 0 Å². The molecule has 32 heavy (non-hydrogen) atoms. The van der Waals surface area contributed by atoms with Crippen LogP contribution in [0, 0.1) is 0 Å². The number of phenols is 2. The van der Waals surface area contributed by atoms with E-state index in [0.717, 1.165) is 49.7 Å². The summed E-state index contributed by atoms with van der Waals surface area (Å²) in [7, 11) is 0. The molecule has 0 saturated heterocycles. The molecule has 0 bridgehead atoms. The highest BCUT2D eigenvalue weighted by molar-refractivity contribution is 5.59. The largest absolute Gasteiger partial charge is 0.504 e. The molecule has 2 nitrogen and oxygen atoms in total. The predicted octanol–water partition coefficient (Wildman–Crippen LogP) is 9.59. The van der Waals surface area contributed by atoms with Crippen LogP contribution in [-0.2, 0) is 25.7 Å². The van der Waals surface area contributed by atoms with Crippen LogP contribution in [0.1, 0.15) is 153 Å². The summed E-state index contributed by atoms with van der Waals surface area (Å²) in [5, 5.41) is 22.2. The molecule has 0 aliphatic carbocycles. The normalized spacial score (nSPS) is 11.4. The maximum Gasteiger partial charge on any atom is 0.161 e. The lowest BCUT2D eigenvalue weighted by Crippen LogP contribution is -2.08. The van der Waals surface area contributed by atoms with Gasteiger partial charge in [-0.1, -0.05) is 105 Å². The van der Waals surface area contributed by atoms with E-state index in [9.17, 15) is 10.2 Å². The zero-order valence-electron chi connectivity index (χ0n) is 22.0. The maximum atomic E-state index is 11.1. The second-order valence-corrected chi connectivity index (χ2v) is 9.85. The van der Waals surface area contributed by atoms with Crippen LogP contribution >= 0.6 is 0 Å². The van der Waals surface area contributed by atoms with Crippen molar-refractivity contribution in [3.05, 3.63) is 22.3 Å². The van der Waals surface area contributed by atoms with E-state index in [2.05, 4.69) is 27.7 Å². The number of rotatable bonds is 20. The second kappa shape index (κ2) is 18.3. The summed E-state index contributed by atoms with van der Waals surface area (Å²) in [6.07, 6.45) is 23.4. The van der Waals surface area contributed by atoms with Gasteiger partial charge >= 0.3 is 0 Å². The van der Waals surface area contributed by atoms with Crippen LogP contribution in [0.15, 0.2) is 0 Å². The standard InChI is InChI=1S/C30H54O2/c1-5-9-13-17-21-25-26(22-18-14-10-6-2)28(24-20-16-12-8-4)30(32)29(31)27(25)23-19-15-11-7-3/h31-32H,5-24H2,1-4H3. The number of hydrogen-bond donors (Lipinski definition) is 2. The van der Waals surface area contributed by atoms with Crippen molar-refractivity contribution in [1.82, 2.24) is 0 Å². The lowest BCUT2D eigenvalue weighted by Gasteiger charge is -2.23. The van der Waals surface area contributed by atoms with Crippen molar-refractivity contribution >= 4 is 0 Å². The first-order valence-electron chi connectivity index (χ1n) is 14.2. The fourth-order valence-corrected chi connectivity index (χ4v) is 4.99. The summed E-state index contributed by atoms with van der Waals surface area (Å²) < 4.78 is 0. The molecule has 0 aromatic heterocycles. The summed E-state index contributed by atoms with van der Waals surface area (Å²) in [6, 6.07) is 0. The monoisotopic (exact) mass is 446 g/mol. The molecule has 186 valence electrons. The fraction of sp³-hybridized carbons (Fsp3) is 0.800. The van der Waals surface area contributed by atoms with Crippen molar-refractivity contribution < 1.29 is 10.2 Å². The van der Waals surface area contributed by atoms with E-state index in [4.69, 9.17) is 0 Å². The van der Waals surface area contributed by atoms with E-state index in [1.807, 2.05) is 0 Å². The Morgan fingerprint density at radius 2 is 0.594 bits per heavy atom. The first-order valence-corrected chi connectivity index (χ1v) is 14.2. The zero-order chi connectivity index (χ0) is 23.6. The Balaban J connectivity index is 3.26. The molecule has 0 amide bonds. The first-order chi connectivity index (χ1) is 15.6. The third kappa shape index (κ3) is 10.2. The van der Waals surface area contributed by atoms with Gasteiger partial charge in [0.15, 0.2) is 11.5 Å². The minimum atomic E-state index is 0.204. The van der Waals surface area contributed by atoms with Gasteiger partial charge in [-0.3, -0.25) is 0 Å². The quantitative estimate of drug-likeness (QED) is 0.155. The minimum Gasteiger partial charge on any atom is -0.504 e. The van der Waals surface area contributed by atoms with Crippen LogP contribution in [0.4, 0.5) is 0 Å². The van der Waals surface area contributed by atoms with Crippen molar-refractivity contribution in [3.63, 3.8) is 0 Å². The van der Waals surface area contributed by atoms with Crippen molar-refractivity contribution in [1.29, 1.82) is 0 Å². The Morgan fingerprint density at radius 1 is 0.344 bits per heavy atom. The third-order valence-corrected chi connectivity index (χ3v) is 7.01. The third-order valence-electron chi connectivity index (χ3n) is 7.01. The Hall–Kier alpha value is -1.18. The molecule has 0 aliphatic rings. The van der Waals surface area contributed by atoms with Crippen molar-refractivity contribution in [3.8, 4) is 11.5 Å². The highest BCUT2D eigenvalue weighted by Gasteiger charge is 2.22. The molecule has 1 aromatic rings. The number of unbranched alkanes of at least 4 members (excludes halogenated alkanes) is 12. The lowest BCUT2D eigenvalue weighted by atomic mass is 9.84. The number of benzene rings is 1. The van der Waals surface area contributed by atoms with E-state index >= 15 is 0 Å². The summed E-state index contributed by atoms with van der Waals surface area (Å²) in [5.74, 6) is 0.407. The second-order valence-electron chi connectivity index (χ2n) is 9.85. The van der Waals surface area contributed by atoms with Gasteiger partial charge in [0.05, 0.1) is 0 Å². The van der Waals surface area contributed by atoms with Gasteiger partial charge in [-0.25, -0.2) is 0 Å². The molecular formula is C30H54O2. The van der Waals surface area contributed by atoms with Gasteiger partial charge in [-0.05, 0) is 62.5 Å². The average molecular weight is 447 g/mol. The van der Waals surface area contributed by atoms with Crippen LogP contribution in [0.5, 0.6) is 11.5 Å².